The van der Waals surface area contributed by atoms with E-state index >= 15 is 0 Å². The number of nitrogens with one attached hydrogen (secondary N) is 1. The molecule has 1 fully saturated rings. The Hall–Kier alpha value is -1.75. The van der Waals surface area contributed by atoms with Gasteiger partial charge in [0.1, 0.15) is 0 Å². The number of nitrogens with zero attached hydrogens (tertiary/aromatic N) is 3. The first kappa shape index (κ1) is 34.3. The lowest BCUT2D eigenvalue weighted by Crippen LogP contribution is -2.48. The molecule has 10 heteroatoms. The molecular formula is C28H54N4O6. The van der Waals surface area contributed by atoms with Gasteiger partial charge in [-0.15, -0.1) is 0 Å². The molecule has 1 unspecified atom stereocenters. The van der Waals surface area contributed by atoms with Gasteiger partial charge < -0.3 is 24.4 Å². The number of hydrogen-bond donors (Lipinski definition) is 1. The number of esters is 3. The van der Waals surface area contributed by atoms with Gasteiger partial charge in [0.2, 0.25) is 0 Å². The molecule has 0 heterocycles. The van der Waals surface area contributed by atoms with Crippen LogP contribution in [0.3, 0.4) is 0 Å². The first-order valence-corrected chi connectivity index (χ1v) is 14.5. The molecule has 0 aromatic carbocycles. The van der Waals surface area contributed by atoms with Crippen molar-refractivity contribution in [3.8, 4) is 0 Å². The Kier molecular flexibility index (Phi) is 19.0. The maximum atomic E-state index is 11.8. The molecular weight excluding hydrogens is 488 g/mol. The SMILES string of the molecule is CCC(C)N(CCNCCC(=O)OC)CCN(CCN(CCC(=O)OC)CCC(=O)OC)C1CCCCC1. The molecule has 0 aliphatic heterocycles. The van der Waals surface area contributed by atoms with E-state index in [4.69, 9.17) is 14.2 Å². The van der Waals surface area contributed by atoms with Gasteiger partial charge in [-0.3, -0.25) is 24.2 Å². The van der Waals surface area contributed by atoms with Gasteiger partial charge in [0.05, 0.1) is 40.6 Å². The molecule has 38 heavy (non-hydrogen) atoms. The van der Waals surface area contributed by atoms with Crippen LogP contribution in [-0.4, -0.2) is 125 Å². The van der Waals surface area contributed by atoms with Gasteiger partial charge in [-0.25, -0.2) is 0 Å². The Morgan fingerprint density at radius 1 is 0.737 bits per heavy atom. The van der Waals surface area contributed by atoms with E-state index in [1.807, 2.05) is 0 Å². The van der Waals surface area contributed by atoms with Crippen LogP contribution in [0.4, 0.5) is 0 Å². The smallest absolute Gasteiger partial charge is 0.306 e. The summed E-state index contributed by atoms with van der Waals surface area (Å²) in [4.78, 5) is 42.2. The zero-order valence-corrected chi connectivity index (χ0v) is 24.7. The quantitative estimate of drug-likeness (QED) is 0.132. The van der Waals surface area contributed by atoms with Crippen molar-refractivity contribution in [2.45, 2.75) is 83.7 Å². The van der Waals surface area contributed by atoms with Gasteiger partial charge in [-0.05, 0) is 26.2 Å². The Bertz CT molecular complexity index is 639. The molecule has 0 amide bonds. The molecule has 1 aliphatic rings. The van der Waals surface area contributed by atoms with Crippen LogP contribution in [0.2, 0.25) is 0 Å². The van der Waals surface area contributed by atoms with Crippen LogP contribution in [-0.2, 0) is 28.6 Å². The number of carbonyl (C=O) groups is 3. The highest BCUT2D eigenvalue weighted by molar-refractivity contribution is 5.70. The molecule has 10 nitrogen and oxygen atoms in total. The monoisotopic (exact) mass is 542 g/mol. The average Bonchev–Trinajstić information content (AvgIpc) is 2.95. The normalized spacial score (nSPS) is 15.2. The summed E-state index contributed by atoms with van der Waals surface area (Å²) in [6.45, 7) is 11.7. The maximum Gasteiger partial charge on any atom is 0.306 e. The van der Waals surface area contributed by atoms with Crippen molar-refractivity contribution in [3.63, 3.8) is 0 Å². The molecule has 0 aromatic rings. The van der Waals surface area contributed by atoms with Crippen LogP contribution in [0.25, 0.3) is 0 Å². The highest BCUT2D eigenvalue weighted by atomic mass is 16.5. The minimum Gasteiger partial charge on any atom is -0.469 e. The van der Waals surface area contributed by atoms with Crippen molar-refractivity contribution in [2.24, 2.45) is 0 Å². The highest BCUT2D eigenvalue weighted by Crippen LogP contribution is 2.22. The minimum absolute atomic E-state index is 0.188. The molecule has 0 aromatic heterocycles. The number of ether oxygens (including phenoxy) is 3. The van der Waals surface area contributed by atoms with E-state index in [0.717, 1.165) is 45.7 Å². The fraction of sp³-hybridized carbons (Fsp3) is 0.893. The van der Waals surface area contributed by atoms with E-state index in [9.17, 15) is 14.4 Å². The molecule has 1 N–H and O–H groups in total. The van der Waals surface area contributed by atoms with Crippen LogP contribution >= 0.6 is 0 Å². The number of hydrogen-bond acceptors (Lipinski definition) is 10. The average molecular weight is 543 g/mol. The van der Waals surface area contributed by atoms with E-state index in [-0.39, 0.29) is 17.9 Å². The third-order valence-electron chi connectivity index (χ3n) is 7.71. The van der Waals surface area contributed by atoms with Gasteiger partial charge in [-0.2, -0.15) is 0 Å². The van der Waals surface area contributed by atoms with E-state index in [0.29, 0.717) is 51.0 Å². The van der Waals surface area contributed by atoms with Crippen molar-refractivity contribution < 1.29 is 28.6 Å². The zero-order valence-electron chi connectivity index (χ0n) is 24.7. The lowest BCUT2D eigenvalue weighted by atomic mass is 9.94. The van der Waals surface area contributed by atoms with Crippen molar-refractivity contribution in [2.75, 3.05) is 80.2 Å². The second-order valence-electron chi connectivity index (χ2n) is 10.2. The fourth-order valence-electron chi connectivity index (χ4n) is 4.94. The van der Waals surface area contributed by atoms with E-state index in [1.54, 1.807) is 0 Å². The lowest BCUT2D eigenvalue weighted by molar-refractivity contribution is -0.142. The van der Waals surface area contributed by atoms with Gasteiger partial charge >= 0.3 is 17.9 Å². The summed E-state index contributed by atoms with van der Waals surface area (Å²) in [6.07, 6.45) is 8.40. The first-order chi connectivity index (χ1) is 18.3. The minimum atomic E-state index is -0.235. The molecule has 0 saturated heterocycles. The predicted octanol–water partition coefficient (Wildman–Crippen LogP) is 2.30. The van der Waals surface area contributed by atoms with Crippen LogP contribution in [0.5, 0.6) is 0 Å². The zero-order chi connectivity index (χ0) is 28.2. The maximum absolute atomic E-state index is 11.8. The second-order valence-corrected chi connectivity index (χ2v) is 10.2. The van der Waals surface area contributed by atoms with Crippen molar-refractivity contribution in [3.05, 3.63) is 0 Å². The predicted molar refractivity (Wildman–Crippen MR) is 149 cm³/mol. The van der Waals surface area contributed by atoms with Gasteiger partial charge in [0.15, 0.2) is 0 Å². The molecule has 0 bridgehead atoms. The van der Waals surface area contributed by atoms with E-state index in [2.05, 4.69) is 33.9 Å². The Balaban J connectivity index is 2.74. The summed E-state index contributed by atoms with van der Waals surface area (Å²) in [5.74, 6) is -0.658. The molecule has 1 aliphatic carbocycles. The number of rotatable bonds is 21. The highest BCUT2D eigenvalue weighted by Gasteiger charge is 2.23. The van der Waals surface area contributed by atoms with Crippen LogP contribution in [0, 0.1) is 0 Å². The lowest BCUT2D eigenvalue weighted by Gasteiger charge is -2.38. The molecule has 1 rings (SSSR count). The van der Waals surface area contributed by atoms with E-state index < -0.39 is 0 Å². The Morgan fingerprint density at radius 2 is 1.29 bits per heavy atom. The summed E-state index contributed by atoms with van der Waals surface area (Å²) in [5.41, 5.74) is 0. The summed E-state index contributed by atoms with van der Waals surface area (Å²) < 4.78 is 14.4. The molecule has 1 saturated carbocycles. The van der Waals surface area contributed by atoms with Crippen molar-refractivity contribution in [1.29, 1.82) is 0 Å². The summed E-state index contributed by atoms with van der Waals surface area (Å²) in [6, 6.07) is 1.05. The van der Waals surface area contributed by atoms with Crippen molar-refractivity contribution in [1.82, 2.24) is 20.0 Å². The van der Waals surface area contributed by atoms with Crippen LogP contribution in [0.15, 0.2) is 0 Å². The fourth-order valence-corrected chi connectivity index (χ4v) is 4.94. The van der Waals surface area contributed by atoms with Crippen molar-refractivity contribution >= 4 is 17.9 Å². The number of carbonyl (C=O) groups excluding carboxylic acids is 3. The first-order valence-electron chi connectivity index (χ1n) is 14.5. The third-order valence-corrected chi connectivity index (χ3v) is 7.71. The number of methoxy groups -OCH3 is 3. The van der Waals surface area contributed by atoms with Gasteiger partial charge in [0, 0.05) is 71.0 Å². The van der Waals surface area contributed by atoms with Gasteiger partial charge in [0.25, 0.3) is 0 Å². The molecule has 222 valence electrons. The van der Waals surface area contributed by atoms with Crippen LogP contribution in [0.1, 0.15) is 71.6 Å². The summed E-state index contributed by atoms with van der Waals surface area (Å²) >= 11 is 0. The molecule has 0 spiro atoms. The second kappa shape index (κ2) is 21.1. The van der Waals surface area contributed by atoms with Gasteiger partial charge in [-0.1, -0.05) is 26.2 Å². The Labute approximate surface area is 230 Å². The third kappa shape index (κ3) is 15.0. The molecule has 0 radical (unpaired) electrons. The largest absolute Gasteiger partial charge is 0.469 e. The standard InChI is InChI=1S/C28H54N4O6/c1-6-24(2)31(19-16-29-15-12-26(33)36-3)22-23-32(25-10-8-7-9-11-25)21-20-30(17-13-27(34)37-4)18-14-28(35)38-5/h24-25,29H,6-23H2,1-5H3. The van der Waals surface area contributed by atoms with E-state index in [1.165, 1.54) is 53.4 Å². The topological polar surface area (TPSA) is 101 Å². The Morgan fingerprint density at radius 3 is 1.84 bits per heavy atom. The van der Waals surface area contributed by atoms with Crippen LogP contribution < -0.4 is 5.32 Å². The summed E-state index contributed by atoms with van der Waals surface area (Å²) in [5, 5.41) is 3.37. The summed E-state index contributed by atoms with van der Waals surface area (Å²) in [7, 11) is 4.23. The molecule has 1 atom stereocenters.